The zero-order chi connectivity index (χ0) is 18.6. The van der Waals surface area contributed by atoms with E-state index in [1.807, 2.05) is 0 Å². The van der Waals surface area contributed by atoms with E-state index >= 15 is 0 Å². The van der Waals surface area contributed by atoms with E-state index in [-0.39, 0.29) is 5.69 Å². The molecular formula is C17H15ClF3NO2S. The first kappa shape index (κ1) is 19.5. The number of alkyl halides is 3. The molecule has 0 bridgehead atoms. The average Bonchev–Trinajstić information content (AvgIpc) is 2.56. The van der Waals surface area contributed by atoms with Crippen molar-refractivity contribution >= 4 is 35.0 Å². The van der Waals surface area contributed by atoms with Crippen LogP contribution in [-0.2, 0) is 11.0 Å². The van der Waals surface area contributed by atoms with E-state index in [0.29, 0.717) is 5.75 Å². The second kappa shape index (κ2) is 8.01. The van der Waals surface area contributed by atoms with Gasteiger partial charge in [0.1, 0.15) is 5.75 Å². The number of carbonyl (C=O) groups excluding carboxylic acids is 1. The highest BCUT2D eigenvalue weighted by Crippen LogP contribution is 2.36. The predicted molar refractivity (Wildman–Crippen MR) is 93.4 cm³/mol. The second-order valence-electron chi connectivity index (χ2n) is 5.12. The van der Waals surface area contributed by atoms with Crippen molar-refractivity contribution in [3.63, 3.8) is 0 Å². The highest BCUT2D eigenvalue weighted by atomic mass is 35.5. The molecule has 2 aromatic carbocycles. The summed E-state index contributed by atoms with van der Waals surface area (Å²) in [4.78, 5) is 13.1. The Morgan fingerprint density at radius 1 is 1.20 bits per heavy atom. The van der Waals surface area contributed by atoms with E-state index in [1.165, 1.54) is 17.8 Å². The minimum absolute atomic E-state index is 0.0453. The first-order chi connectivity index (χ1) is 11.7. The Morgan fingerprint density at radius 2 is 1.84 bits per heavy atom. The third-order valence-electron chi connectivity index (χ3n) is 3.28. The SMILES string of the molecule is COc1ccc(S[C@@H](C)C(=O)Nc2ccc(Cl)c(C(F)(F)F)c2)cc1. The molecule has 8 heteroatoms. The van der Waals surface area contributed by atoms with Gasteiger partial charge in [-0.3, -0.25) is 4.79 Å². The minimum atomic E-state index is -4.58. The summed E-state index contributed by atoms with van der Waals surface area (Å²) in [5.41, 5.74) is -0.939. The third kappa shape index (κ3) is 5.31. The summed E-state index contributed by atoms with van der Waals surface area (Å²) in [7, 11) is 1.56. The molecular weight excluding hydrogens is 375 g/mol. The predicted octanol–water partition coefficient (Wildman–Crippen LogP) is 5.49. The van der Waals surface area contributed by atoms with Gasteiger partial charge in [0.25, 0.3) is 0 Å². The van der Waals surface area contributed by atoms with Gasteiger partial charge in [-0.2, -0.15) is 13.2 Å². The van der Waals surface area contributed by atoms with E-state index < -0.39 is 27.9 Å². The minimum Gasteiger partial charge on any atom is -0.497 e. The fourth-order valence-electron chi connectivity index (χ4n) is 1.98. The summed E-state index contributed by atoms with van der Waals surface area (Å²) in [5, 5.41) is 1.57. The normalized spacial score (nSPS) is 12.6. The van der Waals surface area contributed by atoms with Crippen LogP contribution < -0.4 is 10.1 Å². The van der Waals surface area contributed by atoms with Crippen LogP contribution in [0.5, 0.6) is 5.75 Å². The number of nitrogens with one attached hydrogen (secondary N) is 1. The molecule has 0 spiro atoms. The summed E-state index contributed by atoms with van der Waals surface area (Å²) >= 11 is 6.85. The number of benzene rings is 2. The molecule has 0 aromatic heterocycles. The fraction of sp³-hybridized carbons (Fsp3) is 0.235. The number of amides is 1. The van der Waals surface area contributed by atoms with Crippen LogP contribution in [0.4, 0.5) is 18.9 Å². The number of halogens is 4. The van der Waals surface area contributed by atoms with Gasteiger partial charge < -0.3 is 10.1 Å². The number of anilines is 1. The zero-order valence-corrected chi connectivity index (χ0v) is 14.9. The van der Waals surface area contributed by atoms with Crippen molar-refractivity contribution < 1.29 is 22.7 Å². The highest BCUT2D eigenvalue weighted by Gasteiger charge is 2.33. The molecule has 134 valence electrons. The molecule has 1 atom stereocenters. The first-order valence-electron chi connectivity index (χ1n) is 7.19. The van der Waals surface area contributed by atoms with E-state index in [4.69, 9.17) is 16.3 Å². The molecule has 0 unspecified atom stereocenters. The maximum Gasteiger partial charge on any atom is 0.417 e. The van der Waals surface area contributed by atoms with Crippen molar-refractivity contribution in [3.8, 4) is 5.75 Å². The van der Waals surface area contributed by atoms with Crippen molar-refractivity contribution in [1.29, 1.82) is 0 Å². The molecule has 0 fully saturated rings. The summed E-state index contributed by atoms with van der Waals surface area (Å²) in [6.07, 6.45) is -4.58. The summed E-state index contributed by atoms with van der Waals surface area (Å²) in [5.74, 6) is 0.290. The van der Waals surface area contributed by atoms with Crippen molar-refractivity contribution in [2.24, 2.45) is 0 Å². The van der Waals surface area contributed by atoms with Crippen LogP contribution in [0.25, 0.3) is 0 Å². The van der Waals surface area contributed by atoms with Crippen LogP contribution in [0.2, 0.25) is 5.02 Å². The van der Waals surface area contributed by atoms with Gasteiger partial charge >= 0.3 is 6.18 Å². The lowest BCUT2D eigenvalue weighted by Gasteiger charge is -2.14. The Kier molecular flexibility index (Phi) is 6.24. The highest BCUT2D eigenvalue weighted by molar-refractivity contribution is 8.00. The van der Waals surface area contributed by atoms with Crippen LogP contribution in [0, 0.1) is 0 Å². The maximum absolute atomic E-state index is 12.9. The number of hydrogen-bond acceptors (Lipinski definition) is 3. The standard InChI is InChI=1S/C17H15ClF3NO2S/c1-10(25-13-6-4-12(24-2)5-7-13)16(23)22-11-3-8-15(18)14(9-11)17(19,20)21/h3-10H,1-2H3,(H,22,23)/t10-/m0/s1. The van der Waals surface area contributed by atoms with Crippen LogP contribution >= 0.6 is 23.4 Å². The summed E-state index contributed by atoms with van der Waals surface area (Å²) < 4.78 is 43.6. The van der Waals surface area contributed by atoms with Crippen LogP contribution in [-0.4, -0.2) is 18.3 Å². The lowest BCUT2D eigenvalue weighted by molar-refractivity contribution is -0.137. The summed E-state index contributed by atoms with van der Waals surface area (Å²) in [6.45, 7) is 1.67. The zero-order valence-electron chi connectivity index (χ0n) is 13.4. The molecule has 0 saturated carbocycles. The van der Waals surface area contributed by atoms with Crippen molar-refractivity contribution in [2.75, 3.05) is 12.4 Å². The molecule has 0 radical (unpaired) electrons. The molecule has 0 aliphatic carbocycles. The van der Waals surface area contributed by atoms with Crippen LogP contribution in [0.1, 0.15) is 12.5 Å². The quantitative estimate of drug-likeness (QED) is 0.687. The van der Waals surface area contributed by atoms with E-state index in [0.717, 1.165) is 17.0 Å². The molecule has 3 nitrogen and oxygen atoms in total. The van der Waals surface area contributed by atoms with Crippen LogP contribution in [0.3, 0.4) is 0 Å². The van der Waals surface area contributed by atoms with Gasteiger partial charge in [-0.05, 0) is 49.4 Å². The number of ether oxygens (including phenoxy) is 1. The van der Waals surface area contributed by atoms with Gasteiger partial charge in [0.05, 0.1) is 22.9 Å². The lowest BCUT2D eigenvalue weighted by Crippen LogP contribution is -2.22. The Labute approximate surface area is 152 Å². The Hall–Kier alpha value is -1.86. The second-order valence-corrected chi connectivity index (χ2v) is 6.94. The first-order valence-corrected chi connectivity index (χ1v) is 8.45. The molecule has 1 amide bonds. The van der Waals surface area contributed by atoms with E-state index in [2.05, 4.69) is 5.32 Å². The monoisotopic (exact) mass is 389 g/mol. The molecule has 0 heterocycles. The van der Waals surface area contributed by atoms with Gasteiger partial charge in [0, 0.05) is 10.6 Å². The van der Waals surface area contributed by atoms with Crippen LogP contribution in [0.15, 0.2) is 47.4 Å². The largest absolute Gasteiger partial charge is 0.497 e. The van der Waals surface area contributed by atoms with Gasteiger partial charge in [0.15, 0.2) is 0 Å². The Bertz CT molecular complexity index is 751. The third-order valence-corrected chi connectivity index (χ3v) is 4.72. The number of carbonyl (C=O) groups is 1. The van der Waals surface area contributed by atoms with Gasteiger partial charge in [-0.25, -0.2) is 0 Å². The van der Waals surface area contributed by atoms with Crippen molar-refractivity contribution in [2.45, 2.75) is 23.2 Å². The Balaban J connectivity index is 2.05. The van der Waals surface area contributed by atoms with Gasteiger partial charge in [0.2, 0.25) is 5.91 Å². The molecule has 0 saturated heterocycles. The molecule has 0 aliphatic rings. The van der Waals surface area contributed by atoms with Crippen molar-refractivity contribution in [1.82, 2.24) is 0 Å². The molecule has 2 aromatic rings. The average molecular weight is 390 g/mol. The molecule has 25 heavy (non-hydrogen) atoms. The number of methoxy groups -OCH3 is 1. The number of rotatable bonds is 5. The van der Waals surface area contributed by atoms with Gasteiger partial charge in [-0.1, -0.05) is 11.6 Å². The topological polar surface area (TPSA) is 38.3 Å². The van der Waals surface area contributed by atoms with Crippen molar-refractivity contribution in [3.05, 3.63) is 53.1 Å². The fourth-order valence-corrected chi connectivity index (χ4v) is 3.07. The lowest BCUT2D eigenvalue weighted by atomic mass is 10.2. The smallest absolute Gasteiger partial charge is 0.417 e. The molecule has 2 rings (SSSR count). The van der Waals surface area contributed by atoms with E-state index in [1.54, 1.807) is 38.3 Å². The summed E-state index contributed by atoms with van der Waals surface area (Å²) in [6, 6.07) is 10.4. The maximum atomic E-state index is 12.9. The molecule has 1 N–H and O–H groups in total. The van der Waals surface area contributed by atoms with E-state index in [9.17, 15) is 18.0 Å². The molecule has 0 aliphatic heterocycles. The Morgan fingerprint density at radius 3 is 2.40 bits per heavy atom. The number of thioether (sulfide) groups is 1. The van der Waals surface area contributed by atoms with Gasteiger partial charge in [-0.15, -0.1) is 11.8 Å². The number of hydrogen-bond donors (Lipinski definition) is 1.